The molecule has 0 spiro atoms. The van der Waals surface area contributed by atoms with Crippen molar-refractivity contribution in [2.24, 2.45) is 0 Å². The first-order valence-electron chi connectivity index (χ1n) is 8.94. The summed E-state index contributed by atoms with van der Waals surface area (Å²) < 4.78 is 5.90. The molecule has 4 heterocycles. The van der Waals surface area contributed by atoms with Gasteiger partial charge in [0.15, 0.2) is 5.76 Å². The number of amides is 1. The van der Waals surface area contributed by atoms with Crippen molar-refractivity contribution in [1.29, 1.82) is 0 Å². The van der Waals surface area contributed by atoms with E-state index in [2.05, 4.69) is 15.6 Å². The van der Waals surface area contributed by atoms with Gasteiger partial charge in [0.05, 0.1) is 0 Å². The highest BCUT2D eigenvalue weighted by atomic mass is 32.1. The Kier molecular flexibility index (Phi) is 3.87. The summed E-state index contributed by atoms with van der Waals surface area (Å²) in [5, 5.41) is 9.56. The fourth-order valence-corrected chi connectivity index (χ4v) is 4.75. The van der Waals surface area contributed by atoms with Crippen molar-refractivity contribution in [3.63, 3.8) is 0 Å². The SMILES string of the molecule is O=C(N[C@@H]1C[C@H]2CC[C@@H]1N2)c1ccc(-c2ccccc2-c2nccs2)o1. The Balaban J connectivity index is 1.38. The standard InChI is InChI=1S/C20H19N3O2S/c24-19(23-16-11-12-5-6-15(16)22-12)18-8-7-17(25-18)13-3-1-2-4-14(13)20-21-9-10-26-20/h1-4,7-10,12,15-16,22H,5-6,11H2,(H,23,24)/t12-,15+,16-/m1/s1. The maximum atomic E-state index is 12.6. The van der Waals surface area contributed by atoms with Gasteiger partial charge in [-0.15, -0.1) is 11.3 Å². The third-order valence-corrected chi connectivity index (χ3v) is 6.11. The van der Waals surface area contributed by atoms with Crippen LogP contribution in [-0.2, 0) is 0 Å². The number of carbonyl (C=O) groups is 1. The summed E-state index contributed by atoms with van der Waals surface area (Å²) in [5.41, 5.74) is 1.96. The summed E-state index contributed by atoms with van der Waals surface area (Å²) in [4.78, 5) is 17.0. The number of rotatable bonds is 4. The third kappa shape index (κ3) is 2.75. The second-order valence-electron chi connectivity index (χ2n) is 6.91. The van der Waals surface area contributed by atoms with Gasteiger partial charge in [0.1, 0.15) is 10.8 Å². The Bertz CT molecular complexity index is 934. The second kappa shape index (κ2) is 6.37. The zero-order chi connectivity index (χ0) is 17.5. The molecule has 26 heavy (non-hydrogen) atoms. The molecule has 5 rings (SSSR count). The van der Waals surface area contributed by atoms with Gasteiger partial charge in [0.25, 0.3) is 5.91 Å². The fourth-order valence-electron chi connectivity index (χ4n) is 4.07. The lowest BCUT2D eigenvalue weighted by Gasteiger charge is -2.20. The van der Waals surface area contributed by atoms with Gasteiger partial charge < -0.3 is 15.1 Å². The zero-order valence-electron chi connectivity index (χ0n) is 14.1. The predicted octanol–water partition coefficient (Wildman–Crippen LogP) is 3.69. The van der Waals surface area contributed by atoms with E-state index in [0.717, 1.165) is 29.0 Å². The maximum absolute atomic E-state index is 12.6. The van der Waals surface area contributed by atoms with Gasteiger partial charge in [-0.05, 0) is 31.4 Å². The molecule has 2 bridgehead atoms. The van der Waals surface area contributed by atoms with E-state index in [1.165, 1.54) is 6.42 Å². The van der Waals surface area contributed by atoms with E-state index in [1.54, 1.807) is 23.6 Å². The van der Waals surface area contributed by atoms with Crippen LogP contribution in [0.15, 0.2) is 52.4 Å². The number of benzene rings is 1. The summed E-state index contributed by atoms with van der Waals surface area (Å²) in [6, 6.07) is 12.8. The Morgan fingerprint density at radius 3 is 2.81 bits per heavy atom. The van der Waals surface area contributed by atoms with Crippen LogP contribution in [0.5, 0.6) is 0 Å². The third-order valence-electron chi connectivity index (χ3n) is 5.30. The molecule has 0 aliphatic carbocycles. The van der Waals surface area contributed by atoms with E-state index in [1.807, 2.05) is 35.7 Å². The monoisotopic (exact) mass is 365 g/mol. The summed E-state index contributed by atoms with van der Waals surface area (Å²) in [7, 11) is 0. The summed E-state index contributed by atoms with van der Waals surface area (Å²) >= 11 is 1.59. The van der Waals surface area contributed by atoms with E-state index in [-0.39, 0.29) is 11.9 Å². The van der Waals surface area contributed by atoms with Crippen LogP contribution >= 0.6 is 11.3 Å². The van der Waals surface area contributed by atoms with Crippen LogP contribution in [0.4, 0.5) is 0 Å². The van der Waals surface area contributed by atoms with Gasteiger partial charge in [-0.1, -0.05) is 24.3 Å². The Morgan fingerprint density at radius 2 is 2.08 bits per heavy atom. The Labute approximate surface area is 155 Å². The minimum Gasteiger partial charge on any atom is -0.451 e. The molecule has 0 saturated carbocycles. The maximum Gasteiger partial charge on any atom is 0.287 e. The van der Waals surface area contributed by atoms with Crippen LogP contribution in [0, 0.1) is 0 Å². The molecular formula is C20H19N3O2S. The minimum absolute atomic E-state index is 0.137. The van der Waals surface area contributed by atoms with Crippen molar-refractivity contribution < 1.29 is 9.21 Å². The number of nitrogens with zero attached hydrogens (tertiary/aromatic N) is 1. The van der Waals surface area contributed by atoms with Crippen LogP contribution in [0.3, 0.4) is 0 Å². The van der Waals surface area contributed by atoms with Gasteiger partial charge in [-0.25, -0.2) is 4.98 Å². The lowest BCUT2D eigenvalue weighted by Crippen LogP contribution is -2.42. The van der Waals surface area contributed by atoms with Crippen LogP contribution in [0.2, 0.25) is 0 Å². The first kappa shape index (κ1) is 15.8. The molecule has 2 fully saturated rings. The number of fused-ring (bicyclic) bond motifs is 2. The minimum atomic E-state index is -0.137. The highest BCUT2D eigenvalue weighted by molar-refractivity contribution is 7.13. The lowest BCUT2D eigenvalue weighted by atomic mass is 9.95. The lowest BCUT2D eigenvalue weighted by molar-refractivity contribution is 0.0903. The molecule has 2 aromatic heterocycles. The molecule has 2 aliphatic rings. The molecule has 5 nitrogen and oxygen atoms in total. The van der Waals surface area contributed by atoms with Crippen molar-refractivity contribution in [3.05, 3.63) is 53.7 Å². The number of nitrogens with one attached hydrogen (secondary N) is 2. The van der Waals surface area contributed by atoms with E-state index in [9.17, 15) is 4.79 Å². The Hall–Kier alpha value is -2.44. The molecule has 0 unspecified atom stereocenters. The van der Waals surface area contributed by atoms with E-state index >= 15 is 0 Å². The molecule has 1 amide bonds. The van der Waals surface area contributed by atoms with E-state index in [4.69, 9.17) is 4.42 Å². The average molecular weight is 365 g/mol. The molecule has 2 aliphatic heterocycles. The van der Waals surface area contributed by atoms with Crippen LogP contribution in [-0.4, -0.2) is 29.0 Å². The van der Waals surface area contributed by atoms with Crippen molar-refractivity contribution in [3.8, 4) is 21.9 Å². The molecule has 3 aromatic rings. The molecule has 2 N–H and O–H groups in total. The molecule has 2 saturated heterocycles. The number of furan rings is 1. The van der Waals surface area contributed by atoms with Gasteiger partial charge in [-0.2, -0.15) is 0 Å². The molecule has 3 atom stereocenters. The van der Waals surface area contributed by atoms with Crippen molar-refractivity contribution >= 4 is 17.2 Å². The number of carbonyl (C=O) groups excluding carboxylic acids is 1. The number of aromatic nitrogens is 1. The predicted molar refractivity (Wildman–Crippen MR) is 101 cm³/mol. The zero-order valence-corrected chi connectivity index (χ0v) is 15.0. The quantitative estimate of drug-likeness (QED) is 0.740. The van der Waals surface area contributed by atoms with Gasteiger partial charge in [0, 0.05) is 40.8 Å². The molecule has 132 valence electrons. The van der Waals surface area contributed by atoms with Gasteiger partial charge in [-0.3, -0.25) is 4.79 Å². The van der Waals surface area contributed by atoms with E-state index < -0.39 is 0 Å². The number of thiazole rings is 1. The summed E-state index contributed by atoms with van der Waals surface area (Å²) in [6.45, 7) is 0. The van der Waals surface area contributed by atoms with Gasteiger partial charge >= 0.3 is 0 Å². The smallest absolute Gasteiger partial charge is 0.287 e. The Morgan fingerprint density at radius 1 is 1.19 bits per heavy atom. The van der Waals surface area contributed by atoms with Gasteiger partial charge in [0.2, 0.25) is 0 Å². The fraction of sp³-hybridized carbons (Fsp3) is 0.300. The summed E-state index contributed by atoms with van der Waals surface area (Å²) in [6.07, 6.45) is 5.16. The number of hydrogen-bond acceptors (Lipinski definition) is 5. The molecule has 6 heteroatoms. The highest BCUT2D eigenvalue weighted by Gasteiger charge is 2.40. The molecular weight excluding hydrogens is 346 g/mol. The first-order chi connectivity index (χ1) is 12.8. The largest absolute Gasteiger partial charge is 0.451 e. The molecule has 1 aromatic carbocycles. The van der Waals surface area contributed by atoms with Crippen molar-refractivity contribution in [1.82, 2.24) is 15.6 Å². The second-order valence-corrected chi connectivity index (χ2v) is 7.80. The topological polar surface area (TPSA) is 67.2 Å². The highest BCUT2D eigenvalue weighted by Crippen LogP contribution is 2.34. The van der Waals surface area contributed by atoms with Crippen LogP contribution < -0.4 is 10.6 Å². The van der Waals surface area contributed by atoms with E-state index in [0.29, 0.717) is 23.6 Å². The average Bonchev–Trinajstić information content (AvgIpc) is 3.46. The normalized spacial score (nSPS) is 24.1. The van der Waals surface area contributed by atoms with Crippen molar-refractivity contribution in [2.45, 2.75) is 37.4 Å². The summed E-state index contributed by atoms with van der Waals surface area (Å²) in [5.74, 6) is 0.908. The first-order valence-corrected chi connectivity index (χ1v) is 9.82. The van der Waals surface area contributed by atoms with Crippen molar-refractivity contribution in [2.75, 3.05) is 0 Å². The molecule has 0 radical (unpaired) electrons. The van der Waals surface area contributed by atoms with Crippen LogP contribution in [0.1, 0.15) is 29.8 Å². The van der Waals surface area contributed by atoms with Crippen LogP contribution in [0.25, 0.3) is 21.9 Å². The number of hydrogen-bond donors (Lipinski definition) is 2.